The van der Waals surface area contributed by atoms with Gasteiger partial charge in [-0.25, -0.2) is 0 Å². The van der Waals surface area contributed by atoms with Crippen molar-refractivity contribution in [1.82, 2.24) is 0 Å². The summed E-state index contributed by atoms with van der Waals surface area (Å²) in [5.41, 5.74) is 2.23. The van der Waals surface area contributed by atoms with E-state index in [1.54, 1.807) is 13.4 Å². The molecule has 2 aromatic rings. The number of rotatable bonds is 4. The SMILES string of the molecule is COc1ccc2c(c1)N(Cc1ccc([S@@](C)=O)cc1)CCO2. The van der Waals surface area contributed by atoms with E-state index in [1.165, 1.54) is 5.56 Å². The van der Waals surface area contributed by atoms with E-state index >= 15 is 0 Å². The van der Waals surface area contributed by atoms with Gasteiger partial charge in [0.2, 0.25) is 0 Å². The summed E-state index contributed by atoms with van der Waals surface area (Å²) in [6.45, 7) is 2.30. The van der Waals surface area contributed by atoms with Crippen molar-refractivity contribution in [2.45, 2.75) is 11.4 Å². The molecule has 1 atom stereocenters. The summed E-state index contributed by atoms with van der Waals surface area (Å²) in [5.74, 6) is 1.71. The molecule has 0 saturated heterocycles. The number of ether oxygens (including phenoxy) is 2. The van der Waals surface area contributed by atoms with Crippen LogP contribution >= 0.6 is 0 Å². The Kier molecular flexibility index (Phi) is 4.34. The van der Waals surface area contributed by atoms with Gasteiger partial charge in [-0.15, -0.1) is 0 Å². The minimum Gasteiger partial charge on any atom is -0.497 e. The van der Waals surface area contributed by atoms with Crippen molar-refractivity contribution >= 4 is 16.5 Å². The van der Waals surface area contributed by atoms with Gasteiger partial charge in [-0.3, -0.25) is 4.21 Å². The molecule has 116 valence electrons. The molecule has 0 amide bonds. The Bertz CT molecular complexity index is 685. The second-order valence-corrected chi connectivity index (χ2v) is 6.58. The predicted octanol–water partition coefficient (Wildman–Crippen LogP) is 2.83. The number of nitrogens with zero attached hydrogens (tertiary/aromatic N) is 1. The Morgan fingerprint density at radius 1 is 1.23 bits per heavy atom. The molecular formula is C17H19NO3S. The van der Waals surface area contributed by atoms with Crippen LogP contribution in [0, 0.1) is 0 Å². The molecule has 0 unspecified atom stereocenters. The zero-order chi connectivity index (χ0) is 15.5. The van der Waals surface area contributed by atoms with Crippen LogP contribution < -0.4 is 14.4 Å². The average molecular weight is 317 g/mol. The molecule has 0 radical (unpaired) electrons. The van der Waals surface area contributed by atoms with Crippen LogP contribution in [0.3, 0.4) is 0 Å². The predicted molar refractivity (Wildman–Crippen MR) is 88.3 cm³/mol. The number of fused-ring (bicyclic) bond motifs is 1. The van der Waals surface area contributed by atoms with Crippen LogP contribution in [-0.4, -0.2) is 30.7 Å². The highest BCUT2D eigenvalue weighted by molar-refractivity contribution is 7.84. The van der Waals surface area contributed by atoms with E-state index in [-0.39, 0.29) is 0 Å². The lowest BCUT2D eigenvalue weighted by Crippen LogP contribution is -2.32. The molecule has 1 heterocycles. The minimum absolute atomic E-state index is 0.677. The molecule has 1 aliphatic heterocycles. The third-order valence-electron chi connectivity index (χ3n) is 3.75. The number of hydrogen-bond donors (Lipinski definition) is 0. The van der Waals surface area contributed by atoms with Gasteiger partial charge in [-0.05, 0) is 29.8 Å². The standard InChI is InChI=1S/C17H19NO3S/c1-20-14-5-8-17-16(11-14)18(9-10-21-17)12-13-3-6-15(7-4-13)22(2)19/h3-8,11H,9-10,12H2,1-2H3/t22-/m1/s1. The molecule has 0 fully saturated rings. The number of anilines is 1. The van der Waals surface area contributed by atoms with Crippen LogP contribution in [0.15, 0.2) is 47.4 Å². The number of benzene rings is 2. The van der Waals surface area contributed by atoms with Crippen molar-refractivity contribution in [3.63, 3.8) is 0 Å². The molecule has 2 aromatic carbocycles. The highest BCUT2D eigenvalue weighted by atomic mass is 32.2. The fourth-order valence-corrected chi connectivity index (χ4v) is 3.07. The summed E-state index contributed by atoms with van der Waals surface area (Å²) in [7, 11) is 0.731. The summed E-state index contributed by atoms with van der Waals surface area (Å²) in [6.07, 6.45) is 1.69. The second-order valence-electron chi connectivity index (χ2n) is 5.20. The molecule has 1 aliphatic rings. The Morgan fingerprint density at radius 3 is 2.68 bits per heavy atom. The van der Waals surface area contributed by atoms with Crippen LogP contribution in [0.1, 0.15) is 5.56 Å². The third-order valence-corrected chi connectivity index (χ3v) is 4.69. The maximum Gasteiger partial charge on any atom is 0.142 e. The molecule has 0 aromatic heterocycles. The fourth-order valence-electron chi connectivity index (χ4n) is 2.55. The quantitative estimate of drug-likeness (QED) is 0.869. The van der Waals surface area contributed by atoms with E-state index in [9.17, 15) is 4.21 Å². The van der Waals surface area contributed by atoms with Crippen molar-refractivity contribution in [2.75, 3.05) is 31.4 Å². The van der Waals surface area contributed by atoms with Crippen LogP contribution in [-0.2, 0) is 17.3 Å². The Hall–Kier alpha value is -2.01. The first-order valence-electron chi connectivity index (χ1n) is 7.15. The lowest BCUT2D eigenvalue weighted by molar-refractivity contribution is 0.305. The molecule has 0 spiro atoms. The molecule has 4 nitrogen and oxygen atoms in total. The summed E-state index contributed by atoms with van der Waals surface area (Å²) < 4.78 is 22.5. The first-order valence-corrected chi connectivity index (χ1v) is 8.71. The van der Waals surface area contributed by atoms with E-state index < -0.39 is 10.8 Å². The molecular weight excluding hydrogens is 298 g/mol. The number of hydrogen-bond acceptors (Lipinski definition) is 4. The normalized spacial score (nSPS) is 14.9. The topological polar surface area (TPSA) is 38.8 Å². The molecule has 3 rings (SSSR count). The summed E-state index contributed by atoms with van der Waals surface area (Å²) in [4.78, 5) is 3.13. The molecule has 0 bridgehead atoms. The maximum absolute atomic E-state index is 11.5. The lowest BCUT2D eigenvalue weighted by Gasteiger charge is -2.31. The van der Waals surface area contributed by atoms with E-state index in [0.29, 0.717) is 6.61 Å². The monoisotopic (exact) mass is 317 g/mol. The van der Waals surface area contributed by atoms with Crippen LogP contribution in [0.5, 0.6) is 11.5 Å². The van der Waals surface area contributed by atoms with Crippen LogP contribution in [0.2, 0.25) is 0 Å². The van der Waals surface area contributed by atoms with Gasteiger partial charge in [0.05, 0.1) is 19.3 Å². The highest BCUT2D eigenvalue weighted by Crippen LogP contribution is 2.35. The minimum atomic E-state index is -0.935. The van der Waals surface area contributed by atoms with E-state index in [4.69, 9.17) is 9.47 Å². The van der Waals surface area contributed by atoms with Crippen molar-refractivity contribution < 1.29 is 13.7 Å². The third kappa shape index (κ3) is 3.09. The van der Waals surface area contributed by atoms with Crippen molar-refractivity contribution in [1.29, 1.82) is 0 Å². The van der Waals surface area contributed by atoms with Crippen LogP contribution in [0.4, 0.5) is 5.69 Å². The molecule has 0 saturated carbocycles. The van der Waals surface area contributed by atoms with E-state index in [0.717, 1.165) is 35.2 Å². The molecule has 5 heteroatoms. The largest absolute Gasteiger partial charge is 0.497 e. The Balaban J connectivity index is 1.83. The molecule has 22 heavy (non-hydrogen) atoms. The van der Waals surface area contributed by atoms with Gasteiger partial charge in [0.1, 0.15) is 18.1 Å². The number of methoxy groups -OCH3 is 1. The smallest absolute Gasteiger partial charge is 0.142 e. The summed E-state index contributed by atoms with van der Waals surface area (Å²) in [6, 6.07) is 13.8. The lowest BCUT2D eigenvalue weighted by atomic mass is 10.1. The van der Waals surface area contributed by atoms with Gasteiger partial charge >= 0.3 is 0 Å². The van der Waals surface area contributed by atoms with Gasteiger partial charge < -0.3 is 14.4 Å². The maximum atomic E-state index is 11.5. The average Bonchev–Trinajstić information content (AvgIpc) is 2.55. The zero-order valence-corrected chi connectivity index (χ0v) is 13.6. The van der Waals surface area contributed by atoms with Gasteiger partial charge in [0.25, 0.3) is 0 Å². The Morgan fingerprint density at radius 2 is 2.00 bits per heavy atom. The van der Waals surface area contributed by atoms with Crippen LogP contribution in [0.25, 0.3) is 0 Å². The van der Waals surface area contributed by atoms with Gasteiger partial charge in [0.15, 0.2) is 0 Å². The molecule has 0 N–H and O–H groups in total. The summed E-state index contributed by atoms with van der Waals surface area (Å²) >= 11 is 0. The zero-order valence-electron chi connectivity index (χ0n) is 12.7. The van der Waals surface area contributed by atoms with Crippen molar-refractivity contribution in [3.05, 3.63) is 48.0 Å². The van der Waals surface area contributed by atoms with E-state index in [2.05, 4.69) is 4.90 Å². The first-order chi connectivity index (χ1) is 10.7. The van der Waals surface area contributed by atoms with Gasteiger partial charge in [-0.2, -0.15) is 0 Å². The molecule has 0 aliphatic carbocycles. The first kappa shape index (κ1) is 14.9. The highest BCUT2D eigenvalue weighted by Gasteiger charge is 2.19. The Labute approximate surface area is 133 Å². The fraction of sp³-hybridized carbons (Fsp3) is 0.294. The second kappa shape index (κ2) is 6.40. The van der Waals surface area contributed by atoms with Crippen molar-refractivity contribution in [3.8, 4) is 11.5 Å². The van der Waals surface area contributed by atoms with E-state index in [1.807, 2.05) is 42.5 Å². The van der Waals surface area contributed by atoms with Gasteiger partial charge in [0, 0.05) is 34.6 Å². The van der Waals surface area contributed by atoms with Crippen molar-refractivity contribution in [2.24, 2.45) is 0 Å². The van der Waals surface area contributed by atoms with Gasteiger partial charge in [-0.1, -0.05) is 12.1 Å². The summed E-state index contributed by atoms with van der Waals surface area (Å²) in [5, 5.41) is 0.